The average molecular weight is 366 g/mol. The molecule has 1 aliphatic heterocycles. The van der Waals surface area contributed by atoms with E-state index in [9.17, 15) is 13.2 Å². The molecule has 2 unspecified atom stereocenters. The van der Waals surface area contributed by atoms with E-state index < -0.39 is 15.9 Å². The first kappa shape index (κ1) is 18.2. The second-order valence-electron chi connectivity index (χ2n) is 7.04. The first-order chi connectivity index (χ1) is 12.0. The molecule has 2 aliphatic rings. The molecule has 1 aromatic rings. The first-order valence-electron chi connectivity index (χ1n) is 9.05. The zero-order chi connectivity index (χ0) is 17.9. The molecule has 1 saturated heterocycles. The van der Waals surface area contributed by atoms with Gasteiger partial charge in [-0.3, -0.25) is 9.78 Å². The summed E-state index contributed by atoms with van der Waals surface area (Å²) in [5.41, 5.74) is 0. The minimum Gasteiger partial charge on any atom is -0.479 e. The minimum atomic E-state index is -3.04. The summed E-state index contributed by atoms with van der Waals surface area (Å²) >= 11 is 0. The highest BCUT2D eigenvalue weighted by atomic mass is 32.2. The monoisotopic (exact) mass is 366 g/mol. The number of hydrogen-bond donors (Lipinski definition) is 0. The molecule has 6 nitrogen and oxygen atoms in total. The fourth-order valence-electron chi connectivity index (χ4n) is 3.89. The normalized spacial score (nSPS) is 24.6. The Kier molecular flexibility index (Phi) is 5.61. The summed E-state index contributed by atoms with van der Waals surface area (Å²) in [5, 5.41) is 0. The number of pyridine rings is 1. The fourth-order valence-corrected chi connectivity index (χ4v) is 5.60. The van der Waals surface area contributed by atoms with Crippen molar-refractivity contribution < 1.29 is 17.9 Å². The molecule has 2 fully saturated rings. The summed E-state index contributed by atoms with van der Waals surface area (Å²) in [4.78, 5) is 19.0. The number of carbonyl (C=O) groups is 1. The molecular formula is C18H26N2O4S. The highest BCUT2D eigenvalue weighted by Gasteiger charge is 2.40. The van der Waals surface area contributed by atoms with Crippen molar-refractivity contribution in [3.63, 3.8) is 0 Å². The van der Waals surface area contributed by atoms with Gasteiger partial charge in [-0.25, -0.2) is 8.42 Å². The van der Waals surface area contributed by atoms with Crippen molar-refractivity contribution in [3.05, 3.63) is 24.5 Å². The van der Waals surface area contributed by atoms with Crippen LogP contribution in [0, 0.1) is 0 Å². The van der Waals surface area contributed by atoms with Gasteiger partial charge in [0.15, 0.2) is 15.9 Å². The van der Waals surface area contributed by atoms with E-state index in [4.69, 9.17) is 4.74 Å². The molecule has 7 heteroatoms. The van der Waals surface area contributed by atoms with Gasteiger partial charge in [0.1, 0.15) is 5.75 Å². The molecule has 2 atom stereocenters. The van der Waals surface area contributed by atoms with Gasteiger partial charge < -0.3 is 9.64 Å². The number of sulfone groups is 1. The molecule has 138 valence electrons. The van der Waals surface area contributed by atoms with E-state index >= 15 is 0 Å². The van der Waals surface area contributed by atoms with Gasteiger partial charge in [-0.1, -0.05) is 19.3 Å². The van der Waals surface area contributed by atoms with Crippen molar-refractivity contribution in [1.82, 2.24) is 9.88 Å². The van der Waals surface area contributed by atoms with Gasteiger partial charge in [0.2, 0.25) is 0 Å². The molecule has 0 N–H and O–H groups in total. The zero-order valence-corrected chi connectivity index (χ0v) is 15.5. The van der Waals surface area contributed by atoms with Crippen molar-refractivity contribution in [2.75, 3.05) is 11.5 Å². The van der Waals surface area contributed by atoms with Crippen LogP contribution in [0.3, 0.4) is 0 Å². The van der Waals surface area contributed by atoms with Crippen molar-refractivity contribution in [1.29, 1.82) is 0 Å². The van der Waals surface area contributed by atoms with Gasteiger partial charge >= 0.3 is 0 Å². The van der Waals surface area contributed by atoms with Crippen LogP contribution in [0.4, 0.5) is 0 Å². The van der Waals surface area contributed by atoms with Crippen LogP contribution in [-0.4, -0.2) is 53.9 Å². The molecule has 1 aromatic heterocycles. The van der Waals surface area contributed by atoms with Crippen LogP contribution >= 0.6 is 0 Å². The summed E-state index contributed by atoms with van der Waals surface area (Å²) in [5.74, 6) is 0.685. The lowest BCUT2D eigenvalue weighted by atomic mass is 9.92. The average Bonchev–Trinajstić information content (AvgIpc) is 2.96. The van der Waals surface area contributed by atoms with E-state index in [1.54, 1.807) is 31.5 Å². The lowest BCUT2D eigenvalue weighted by molar-refractivity contribution is -0.143. The van der Waals surface area contributed by atoms with Gasteiger partial charge in [0.05, 0.1) is 17.7 Å². The number of hydrogen-bond acceptors (Lipinski definition) is 5. The maximum atomic E-state index is 13.1. The molecule has 25 heavy (non-hydrogen) atoms. The third-order valence-corrected chi connectivity index (χ3v) is 6.87. The zero-order valence-electron chi connectivity index (χ0n) is 14.6. The number of carbonyl (C=O) groups excluding carboxylic acids is 1. The van der Waals surface area contributed by atoms with E-state index in [0.29, 0.717) is 12.2 Å². The van der Waals surface area contributed by atoms with Crippen LogP contribution in [-0.2, 0) is 14.6 Å². The molecule has 2 heterocycles. The Labute approximate surface area is 149 Å². The highest BCUT2D eigenvalue weighted by molar-refractivity contribution is 7.91. The van der Waals surface area contributed by atoms with E-state index in [2.05, 4.69) is 4.98 Å². The fraction of sp³-hybridized carbons (Fsp3) is 0.667. The summed E-state index contributed by atoms with van der Waals surface area (Å²) in [7, 11) is -3.04. The first-order valence-corrected chi connectivity index (χ1v) is 10.9. The Morgan fingerprint density at radius 2 is 2.00 bits per heavy atom. The number of ether oxygens (including phenoxy) is 1. The Hall–Kier alpha value is -1.63. The molecule has 1 aliphatic carbocycles. The minimum absolute atomic E-state index is 0.0782. The Bertz CT molecular complexity index is 686. The second-order valence-corrected chi connectivity index (χ2v) is 9.27. The van der Waals surface area contributed by atoms with Crippen LogP contribution in [0.1, 0.15) is 45.4 Å². The lowest BCUT2D eigenvalue weighted by Gasteiger charge is -2.39. The van der Waals surface area contributed by atoms with Crippen LogP contribution < -0.4 is 4.74 Å². The van der Waals surface area contributed by atoms with E-state index in [1.165, 1.54) is 6.42 Å². The Balaban J connectivity index is 1.76. The standard InChI is InChI=1S/C18H26N2O4S/c1-14(24-17-8-5-10-19-12-17)18(21)20(15-6-3-2-4-7-15)16-9-11-25(22,23)13-16/h5,8,10,12,14-16H,2-4,6-7,9,11,13H2,1H3. The van der Waals surface area contributed by atoms with Gasteiger partial charge in [-0.2, -0.15) is 0 Å². The SMILES string of the molecule is CC(Oc1cccnc1)C(=O)N(C1CCCCC1)C1CCS(=O)(=O)C1. The second kappa shape index (κ2) is 7.72. The smallest absolute Gasteiger partial charge is 0.263 e. The largest absolute Gasteiger partial charge is 0.479 e. The Morgan fingerprint density at radius 1 is 1.24 bits per heavy atom. The molecule has 0 spiro atoms. The van der Waals surface area contributed by atoms with Crippen molar-refractivity contribution in [3.8, 4) is 5.75 Å². The number of aromatic nitrogens is 1. The summed E-state index contributed by atoms with van der Waals surface area (Å²) < 4.78 is 29.6. The van der Waals surface area contributed by atoms with Crippen molar-refractivity contribution >= 4 is 15.7 Å². The Morgan fingerprint density at radius 3 is 2.60 bits per heavy atom. The summed E-state index contributed by atoms with van der Waals surface area (Å²) in [6.45, 7) is 1.73. The van der Waals surface area contributed by atoms with Gasteiger partial charge in [-0.15, -0.1) is 0 Å². The van der Waals surface area contributed by atoms with E-state index in [1.807, 2.05) is 4.90 Å². The topological polar surface area (TPSA) is 76.6 Å². The van der Waals surface area contributed by atoms with Crippen molar-refractivity contribution in [2.24, 2.45) is 0 Å². The lowest BCUT2D eigenvalue weighted by Crippen LogP contribution is -2.52. The molecule has 1 amide bonds. The van der Waals surface area contributed by atoms with Crippen LogP contribution in [0.15, 0.2) is 24.5 Å². The maximum absolute atomic E-state index is 13.1. The molecular weight excluding hydrogens is 340 g/mol. The van der Waals surface area contributed by atoms with Gasteiger partial charge in [0.25, 0.3) is 5.91 Å². The number of amides is 1. The molecule has 3 rings (SSSR count). The summed E-state index contributed by atoms with van der Waals surface area (Å²) in [6, 6.07) is 3.43. The predicted molar refractivity (Wildman–Crippen MR) is 95.1 cm³/mol. The van der Waals surface area contributed by atoms with E-state index in [-0.39, 0.29) is 29.5 Å². The van der Waals surface area contributed by atoms with Crippen molar-refractivity contribution in [2.45, 2.75) is 63.6 Å². The molecule has 1 saturated carbocycles. The van der Waals surface area contributed by atoms with Gasteiger partial charge in [-0.05, 0) is 38.3 Å². The molecule has 0 radical (unpaired) electrons. The predicted octanol–water partition coefficient (Wildman–Crippen LogP) is 2.20. The number of nitrogens with zero attached hydrogens (tertiary/aromatic N) is 2. The van der Waals surface area contributed by atoms with Gasteiger partial charge in [0, 0.05) is 18.3 Å². The van der Waals surface area contributed by atoms with Crippen LogP contribution in [0.5, 0.6) is 5.75 Å². The van der Waals surface area contributed by atoms with Crippen LogP contribution in [0.25, 0.3) is 0 Å². The quantitative estimate of drug-likeness (QED) is 0.798. The number of rotatable bonds is 5. The van der Waals surface area contributed by atoms with E-state index in [0.717, 1.165) is 25.7 Å². The summed E-state index contributed by atoms with van der Waals surface area (Å²) in [6.07, 6.45) is 8.36. The third-order valence-electron chi connectivity index (χ3n) is 5.12. The third kappa shape index (κ3) is 4.51. The molecule has 0 aromatic carbocycles. The molecule has 0 bridgehead atoms. The maximum Gasteiger partial charge on any atom is 0.263 e. The van der Waals surface area contributed by atoms with Crippen LogP contribution in [0.2, 0.25) is 0 Å². The highest BCUT2D eigenvalue weighted by Crippen LogP contribution is 2.29.